The highest BCUT2D eigenvalue weighted by Gasteiger charge is 2.23. The lowest BCUT2D eigenvalue weighted by molar-refractivity contribution is 0.158. The van der Waals surface area contributed by atoms with Crippen LogP contribution in [0.2, 0.25) is 0 Å². The Morgan fingerprint density at radius 2 is 1.64 bits per heavy atom. The first-order valence-corrected chi connectivity index (χ1v) is 7.15. The number of phenolic OH excluding ortho intramolecular Hbond substituents is 2. The summed E-state index contributed by atoms with van der Waals surface area (Å²) in [4.78, 5) is 0. The number of fused-ring (bicyclic) bond motifs is 1. The number of hydrogen-bond acceptors (Lipinski definition) is 3. The van der Waals surface area contributed by atoms with Crippen LogP contribution in [0.25, 0.3) is 18.2 Å². The smallest absolute Gasteiger partial charge is 0.132 e. The van der Waals surface area contributed by atoms with Crippen LogP contribution in [0.1, 0.15) is 30.5 Å². The van der Waals surface area contributed by atoms with Crippen LogP contribution >= 0.6 is 0 Å². The van der Waals surface area contributed by atoms with Gasteiger partial charge in [0.2, 0.25) is 0 Å². The van der Waals surface area contributed by atoms with Crippen LogP contribution in [0.3, 0.4) is 0 Å². The van der Waals surface area contributed by atoms with Crippen LogP contribution in [-0.2, 0) is 0 Å². The zero-order chi connectivity index (χ0) is 15.7. The van der Waals surface area contributed by atoms with Crippen molar-refractivity contribution >= 4 is 18.2 Å². The SMILES string of the molecule is CC1(C)C=Cc2c(O)cc(/C=C/c3ccc(O)cc3)cc2O1. The molecule has 22 heavy (non-hydrogen) atoms. The zero-order valence-corrected chi connectivity index (χ0v) is 12.6. The largest absolute Gasteiger partial charge is 0.508 e. The van der Waals surface area contributed by atoms with Crippen molar-refractivity contribution in [2.45, 2.75) is 19.4 Å². The van der Waals surface area contributed by atoms with Gasteiger partial charge in [-0.15, -0.1) is 0 Å². The normalized spacial score (nSPS) is 15.5. The third-order valence-electron chi connectivity index (χ3n) is 3.53. The van der Waals surface area contributed by atoms with Crippen molar-refractivity contribution in [3.8, 4) is 17.2 Å². The molecule has 0 saturated carbocycles. The summed E-state index contributed by atoms with van der Waals surface area (Å²) >= 11 is 0. The molecule has 1 aliphatic rings. The Hall–Kier alpha value is -2.68. The summed E-state index contributed by atoms with van der Waals surface area (Å²) in [6, 6.07) is 10.6. The fourth-order valence-electron chi connectivity index (χ4n) is 2.36. The van der Waals surface area contributed by atoms with E-state index in [0.29, 0.717) is 11.3 Å². The second-order valence-corrected chi connectivity index (χ2v) is 5.92. The van der Waals surface area contributed by atoms with E-state index in [1.54, 1.807) is 18.2 Å². The van der Waals surface area contributed by atoms with Crippen molar-refractivity contribution in [1.82, 2.24) is 0 Å². The number of rotatable bonds is 2. The van der Waals surface area contributed by atoms with E-state index in [2.05, 4.69) is 0 Å². The molecule has 2 aromatic rings. The van der Waals surface area contributed by atoms with Gasteiger partial charge >= 0.3 is 0 Å². The van der Waals surface area contributed by atoms with Crippen LogP contribution in [0.4, 0.5) is 0 Å². The minimum absolute atomic E-state index is 0.203. The molecule has 112 valence electrons. The number of aromatic hydroxyl groups is 2. The molecule has 2 N–H and O–H groups in total. The monoisotopic (exact) mass is 294 g/mol. The van der Waals surface area contributed by atoms with Gasteiger partial charge in [0.15, 0.2) is 0 Å². The molecule has 0 bridgehead atoms. The summed E-state index contributed by atoms with van der Waals surface area (Å²) < 4.78 is 5.89. The number of ether oxygens (including phenoxy) is 1. The Labute approximate surface area is 129 Å². The Morgan fingerprint density at radius 3 is 2.36 bits per heavy atom. The average Bonchev–Trinajstić information content (AvgIpc) is 2.45. The van der Waals surface area contributed by atoms with Gasteiger partial charge in [-0.3, -0.25) is 0 Å². The molecule has 0 saturated heterocycles. The minimum atomic E-state index is -0.376. The number of benzene rings is 2. The highest BCUT2D eigenvalue weighted by atomic mass is 16.5. The molecule has 0 radical (unpaired) electrons. The quantitative estimate of drug-likeness (QED) is 0.804. The molecule has 0 aromatic heterocycles. The maximum atomic E-state index is 10.1. The van der Waals surface area contributed by atoms with E-state index in [1.165, 1.54) is 0 Å². The van der Waals surface area contributed by atoms with E-state index in [4.69, 9.17) is 4.74 Å². The molecule has 0 amide bonds. The van der Waals surface area contributed by atoms with Crippen molar-refractivity contribution < 1.29 is 14.9 Å². The third kappa shape index (κ3) is 2.98. The van der Waals surface area contributed by atoms with E-state index < -0.39 is 0 Å². The minimum Gasteiger partial charge on any atom is -0.508 e. The van der Waals surface area contributed by atoms with Gasteiger partial charge in [-0.05, 0) is 61.4 Å². The van der Waals surface area contributed by atoms with Crippen molar-refractivity contribution in [1.29, 1.82) is 0 Å². The Morgan fingerprint density at radius 1 is 0.955 bits per heavy atom. The van der Waals surface area contributed by atoms with Crippen LogP contribution in [-0.4, -0.2) is 15.8 Å². The van der Waals surface area contributed by atoms with Crippen molar-refractivity contribution in [3.63, 3.8) is 0 Å². The summed E-state index contributed by atoms with van der Waals surface area (Å²) in [6.07, 6.45) is 7.65. The molecule has 3 nitrogen and oxygen atoms in total. The van der Waals surface area contributed by atoms with E-state index >= 15 is 0 Å². The molecular weight excluding hydrogens is 276 g/mol. The summed E-state index contributed by atoms with van der Waals surface area (Å²) in [7, 11) is 0. The maximum absolute atomic E-state index is 10.1. The van der Waals surface area contributed by atoms with Gasteiger partial charge in [-0.25, -0.2) is 0 Å². The highest BCUT2D eigenvalue weighted by Crippen LogP contribution is 2.37. The molecule has 0 fully saturated rings. The van der Waals surface area contributed by atoms with Gasteiger partial charge in [-0.1, -0.05) is 24.3 Å². The van der Waals surface area contributed by atoms with Gasteiger partial charge in [-0.2, -0.15) is 0 Å². The Balaban J connectivity index is 1.91. The van der Waals surface area contributed by atoms with Gasteiger partial charge in [0.05, 0.1) is 5.56 Å². The number of hydrogen-bond donors (Lipinski definition) is 2. The Kier molecular flexibility index (Phi) is 3.41. The lowest BCUT2D eigenvalue weighted by atomic mass is 10.00. The van der Waals surface area contributed by atoms with Crippen molar-refractivity contribution in [2.75, 3.05) is 0 Å². The molecule has 1 aliphatic heterocycles. The highest BCUT2D eigenvalue weighted by molar-refractivity contribution is 5.75. The average molecular weight is 294 g/mol. The van der Waals surface area contributed by atoms with E-state index in [9.17, 15) is 10.2 Å². The van der Waals surface area contributed by atoms with Gasteiger partial charge < -0.3 is 14.9 Å². The first kappa shape index (κ1) is 14.3. The molecule has 2 aromatic carbocycles. The second kappa shape index (κ2) is 5.26. The summed E-state index contributed by atoms with van der Waals surface area (Å²) in [5, 5.41) is 19.4. The summed E-state index contributed by atoms with van der Waals surface area (Å²) in [6.45, 7) is 3.95. The molecule has 0 unspecified atom stereocenters. The van der Waals surface area contributed by atoms with Crippen LogP contribution in [0, 0.1) is 0 Å². The van der Waals surface area contributed by atoms with Gasteiger partial charge in [0, 0.05) is 0 Å². The maximum Gasteiger partial charge on any atom is 0.132 e. The predicted octanol–water partition coefficient (Wildman–Crippen LogP) is 4.45. The lowest BCUT2D eigenvalue weighted by Crippen LogP contribution is -2.27. The van der Waals surface area contributed by atoms with Crippen LogP contribution < -0.4 is 4.74 Å². The van der Waals surface area contributed by atoms with Gasteiger partial charge in [0.25, 0.3) is 0 Å². The number of phenols is 2. The molecule has 1 heterocycles. The van der Waals surface area contributed by atoms with Crippen LogP contribution in [0.5, 0.6) is 17.2 Å². The topological polar surface area (TPSA) is 49.7 Å². The molecule has 0 aliphatic carbocycles. The second-order valence-electron chi connectivity index (χ2n) is 5.92. The summed E-state index contributed by atoms with van der Waals surface area (Å²) in [5.41, 5.74) is 2.16. The third-order valence-corrected chi connectivity index (χ3v) is 3.53. The lowest BCUT2D eigenvalue weighted by Gasteiger charge is -2.28. The van der Waals surface area contributed by atoms with E-state index in [1.807, 2.05) is 56.4 Å². The van der Waals surface area contributed by atoms with E-state index in [0.717, 1.165) is 11.1 Å². The van der Waals surface area contributed by atoms with E-state index in [-0.39, 0.29) is 17.1 Å². The predicted molar refractivity (Wildman–Crippen MR) is 88.9 cm³/mol. The van der Waals surface area contributed by atoms with Crippen LogP contribution in [0.15, 0.2) is 42.5 Å². The standard InChI is InChI=1S/C19H18O3/c1-19(2)10-9-16-17(21)11-14(12-18(16)22-19)4-3-13-5-7-15(20)8-6-13/h3-12,20-21H,1-2H3/b4-3+. The van der Waals surface area contributed by atoms with Crippen molar-refractivity contribution in [3.05, 3.63) is 59.2 Å². The van der Waals surface area contributed by atoms with Crippen molar-refractivity contribution in [2.24, 2.45) is 0 Å². The molecule has 0 atom stereocenters. The summed E-state index contributed by atoms with van der Waals surface area (Å²) in [5.74, 6) is 1.12. The Bertz CT molecular complexity index is 753. The fourth-order valence-corrected chi connectivity index (χ4v) is 2.36. The molecule has 0 spiro atoms. The van der Waals surface area contributed by atoms with Gasteiger partial charge in [0.1, 0.15) is 22.8 Å². The fraction of sp³-hybridized carbons (Fsp3) is 0.158. The zero-order valence-electron chi connectivity index (χ0n) is 12.6. The molecular formula is C19H18O3. The molecule has 3 heteroatoms. The first-order chi connectivity index (χ1) is 10.4. The molecule has 3 rings (SSSR count). The first-order valence-electron chi connectivity index (χ1n) is 7.15.